The largest absolute Gasteiger partial charge is 0.337 e. The summed E-state index contributed by atoms with van der Waals surface area (Å²) >= 11 is 0. The van der Waals surface area contributed by atoms with Gasteiger partial charge in [-0.15, -0.1) is 0 Å². The number of anilines is 2. The summed E-state index contributed by atoms with van der Waals surface area (Å²) in [6.07, 6.45) is 0.654. The van der Waals surface area contributed by atoms with E-state index in [1.807, 2.05) is 12.1 Å². The van der Waals surface area contributed by atoms with Crippen LogP contribution < -0.4 is 14.9 Å². The number of carbonyl (C=O) groups excluding carboxylic acids is 1. The van der Waals surface area contributed by atoms with Crippen LogP contribution in [0.5, 0.6) is 0 Å². The summed E-state index contributed by atoms with van der Waals surface area (Å²) in [7, 11) is -3.58. The molecule has 0 atom stereocenters. The Morgan fingerprint density at radius 3 is 2.63 bits per heavy atom. The van der Waals surface area contributed by atoms with Gasteiger partial charge in [0.2, 0.25) is 10.0 Å². The van der Waals surface area contributed by atoms with Crippen LogP contribution in [0.2, 0.25) is 0 Å². The summed E-state index contributed by atoms with van der Waals surface area (Å²) in [5.41, 5.74) is 1.44. The number of nitro benzene ring substituents is 1. The van der Waals surface area contributed by atoms with Crippen LogP contribution in [0.1, 0.15) is 5.56 Å². The standard InChI is InChI=1S/C17H18N4O5S/c22-17(19-14-6-2-4-8-16(14)21(23)24)18-10-12-27(25,26)20-11-9-13-5-1-3-7-15(13)20/h1-8H,9-12H2,(H2,18,19,22). The van der Waals surface area contributed by atoms with E-state index in [9.17, 15) is 23.3 Å². The summed E-state index contributed by atoms with van der Waals surface area (Å²) < 4.78 is 26.4. The molecular weight excluding hydrogens is 372 g/mol. The lowest BCUT2D eigenvalue weighted by molar-refractivity contribution is -0.383. The second-order valence-electron chi connectivity index (χ2n) is 5.92. The number of rotatable bonds is 6. The third kappa shape index (κ3) is 4.17. The van der Waals surface area contributed by atoms with Crippen LogP contribution in [0.4, 0.5) is 21.9 Å². The average molecular weight is 390 g/mol. The van der Waals surface area contributed by atoms with Crippen molar-refractivity contribution in [3.63, 3.8) is 0 Å². The number of urea groups is 1. The van der Waals surface area contributed by atoms with Gasteiger partial charge in [0.25, 0.3) is 5.69 Å². The van der Waals surface area contributed by atoms with Gasteiger partial charge in [0, 0.05) is 19.2 Å². The topological polar surface area (TPSA) is 122 Å². The SMILES string of the molecule is O=C(NCCS(=O)(=O)N1CCc2ccccc21)Nc1ccccc1[N+](=O)[O-]. The number of benzene rings is 2. The van der Waals surface area contributed by atoms with Gasteiger partial charge >= 0.3 is 6.03 Å². The molecule has 0 spiro atoms. The highest BCUT2D eigenvalue weighted by Gasteiger charge is 2.28. The second-order valence-corrected chi connectivity index (χ2v) is 7.93. The van der Waals surface area contributed by atoms with Crippen molar-refractivity contribution in [3.8, 4) is 0 Å². The molecule has 1 aliphatic heterocycles. The minimum Gasteiger partial charge on any atom is -0.337 e. The summed E-state index contributed by atoms with van der Waals surface area (Å²) in [5.74, 6) is -0.272. The minimum atomic E-state index is -3.58. The van der Waals surface area contributed by atoms with Crippen LogP contribution >= 0.6 is 0 Å². The monoisotopic (exact) mass is 390 g/mol. The molecule has 10 heteroatoms. The fourth-order valence-corrected chi connectivity index (χ4v) is 4.33. The molecule has 0 radical (unpaired) electrons. The van der Waals surface area contributed by atoms with Crippen LogP contribution in [0.25, 0.3) is 0 Å². The van der Waals surface area contributed by atoms with E-state index in [0.717, 1.165) is 5.56 Å². The molecule has 0 unspecified atom stereocenters. The van der Waals surface area contributed by atoms with Crippen LogP contribution in [-0.4, -0.2) is 38.2 Å². The van der Waals surface area contributed by atoms with Gasteiger partial charge in [0.15, 0.2) is 0 Å². The Hall–Kier alpha value is -3.14. The van der Waals surface area contributed by atoms with Gasteiger partial charge in [-0.3, -0.25) is 14.4 Å². The van der Waals surface area contributed by atoms with E-state index in [1.165, 1.54) is 22.5 Å². The number of carbonyl (C=O) groups is 1. The fraction of sp³-hybridized carbons (Fsp3) is 0.235. The predicted molar refractivity (Wildman–Crippen MR) is 101 cm³/mol. The Kier molecular flexibility index (Phi) is 5.26. The zero-order valence-electron chi connectivity index (χ0n) is 14.3. The van der Waals surface area contributed by atoms with Gasteiger partial charge in [-0.25, -0.2) is 13.2 Å². The van der Waals surface area contributed by atoms with Gasteiger partial charge in [-0.05, 0) is 24.1 Å². The molecule has 0 aromatic heterocycles. The van der Waals surface area contributed by atoms with Crippen molar-refractivity contribution in [1.82, 2.24) is 5.32 Å². The van der Waals surface area contributed by atoms with E-state index in [-0.39, 0.29) is 23.7 Å². The number of sulfonamides is 1. The summed E-state index contributed by atoms with van der Waals surface area (Å²) in [6.45, 7) is 0.261. The molecule has 3 rings (SSSR count). The number of hydrogen-bond donors (Lipinski definition) is 2. The lowest BCUT2D eigenvalue weighted by Gasteiger charge is -2.19. The quantitative estimate of drug-likeness (QED) is 0.578. The van der Waals surface area contributed by atoms with Gasteiger partial charge in [-0.1, -0.05) is 30.3 Å². The first-order valence-corrected chi connectivity index (χ1v) is 9.86. The minimum absolute atomic E-state index is 0.0383. The van der Waals surface area contributed by atoms with Crippen molar-refractivity contribution in [2.45, 2.75) is 6.42 Å². The van der Waals surface area contributed by atoms with E-state index in [1.54, 1.807) is 18.2 Å². The smallest absolute Gasteiger partial charge is 0.319 e. The molecule has 1 heterocycles. The van der Waals surface area contributed by atoms with E-state index >= 15 is 0 Å². The summed E-state index contributed by atoms with van der Waals surface area (Å²) in [5, 5.41) is 15.7. The van der Waals surface area contributed by atoms with Gasteiger partial charge in [0.05, 0.1) is 16.4 Å². The Morgan fingerprint density at radius 2 is 1.85 bits per heavy atom. The first kappa shape index (κ1) is 18.6. The number of nitrogens with zero attached hydrogens (tertiary/aromatic N) is 2. The molecule has 2 amide bonds. The Balaban J connectivity index is 1.57. The number of nitrogens with one attached hydrogen (secondary N) is 2. The number of para-hydroxylation sites is 3. The molecule has 1 aliphatic rings. The van der Waals surface area contributed by atoms with Gasteiger partial charge in [-0.2, -0.15) is 0 Å². The van der Waals surface area contributed by atoms with Crippen molar-refractivity contribution >= 4 is 33.1 Å². The Morgan fingerprint density at radius 1 is 1.15 bits per heavy atom. The first-order chi connectivity index (χ1) is 12.9. The second kappa shape index (κ2) is 7.62. The van der Waals surface area contributed by atoms with Crippen molar-refractivity contribution in [1.29, 1.82) is 0 Å². The molecule has 0 fully saturated rings. The fourth-order valence-electron chi connectivity index (χ4n) is 2.91. The third-order valence-corrected chi connectivity index (χ3v) is 5.95. The maximum Gasteiger partial charge on any atom is 0.319 e. The predicted octanol–water partition coefficient (Wildman–Crippen LogP) is 2.11. The maximum atomic E-state index is 12.5. The molecule has 9 nitrogen and oxygen atoms in total. The van der Waals surface area contributed by atoms with Crippen molar-refractivity contribution in [3.05, 3.63) is 64.2 Å². The highest BCUT2D eigenvalue weighted by Crippen LogP contribution is 2.29. The van der Waals surface area contributed by atoms with Crippen LogP contribution in [0, 0.1) is 10.1 Å². The van der Waals surface area contributed by atoms with E-state index in [4.69, 9.17) is 0 Å². The molecular formula is C17H18N4O5S. The average Bonchev–Trinajstić information content (AvgIpc) is 3.07. The normalized spacial score (nSPS) is 13.1. The molecule has 2 N–H and O–H groups in total. The van der Waals surface area contributed by atoms with Gasteiger partial charge in [0.1, 0.15) is 5.69 Å². The van der Waals surface area contributed by atoms with Crippen molar-refractivity contribution < 1.29 is 18.1 Å². The molecule has 2 aromatic carbocycles. The summed E-state index contributed by atoms with van der Waals surface area (Å²) in [4.78, 5) is 22.3. The lowest BCUT2D eigenvalue weighted by Crippen LogP contribution is -2.38. The third-order valence-electron chi connectivity index (χ3n) is 4.17. The molecule has 2 aromatic rings. The molecule has 142 valence electrons. The first-order valence-electron chi connectivity index (χ1n) is 8.25. The number of nitro groups is 1. The highest BCUT2D eigenvalue weighted by atomic mass is 32.2. The van der Waals surface area contributed by atoms with Crippen LogP contribution in [0.15, 0.2) is 48.5 Å². The van der Waals surface area contributed by atoms with E-state index < -0.39 is 21.0 Å². The zero-order valence-corrected chi connectivity index (χ0v) is 15.1. The zero-order chi connectivity index (χ0) is 19.4. The highest BCUT2D eigenvalue weighted by molar-refractivity contribution is 7.92. The van der Waals surface area contributed by atoms with Gasteiger partial charge < -0.3 is 10.6 Å². The lowest BCUT2D eigenvalue weighted by atomic mass is 10.2. The molecule has 0 saturated heterocycles. The van der Waals surface area contributed by atoms with Crippen molar-refractivity contribution in [2.75, 3.05) is 28.5 Å². The summed E-state index contributed by atoms with van der Waals surface area (Å²) in [6, 6.07) is 12.3. The number of hydrogen-bond acceptors (Lipinski definition) is 5. The molecule has 0 saturated carbocycles. The van der Waals surface area contributed by atoms with Crippen LogP contribution in [-0.2, 0) is 16.4 Å². The molecule has 27 heavy (non-hydrogen) atoms. The van der Waals surface area contributed by atoms with E-state index in [0.29, 0.717) is 18.7 Å². The van der Waals surface area contributed by atoms with Crippen molar-refractivity contribution in [2.24, 2.45) is 0 Å². The number of amides is 2. The Labute approximate surface area is 156 Å². The Bertz CT molecular complexity index is 977. The van der Waals surface area contributed by atoms with Crippen LogP contribution in [0.3, 0.4) is 0 Å². The number of fused-ring (bicyclic) bond motifs is 1. The maximum absolute atomic E-state index is 12.5. The van der Waals surface area contributed by atoms with E-state index in [2.05, 4.69) is 10.6 Å². The molecule has 0 bridgehead atoms. The molecule has 0 aliphatic carbocycles.